The Morgan fingerprint density at radius 1 is 1.38 bits per heavy atom. The first-order valence-corrected chi connectivity index (χ1v) is 4.24. The van der Waals surface area contributed by atoms with Crippen LogP contribution < -0.4 is 5.32 Å². The lowest BCUT2D eigenvalue weighted by Gasteiger charge is -2.38. The third-order valence-electron chi connectivity index (χ3n) is 2.62. The van der Waals surface area contributed by atoms with Crippen LogP contribution in [0.15, 0.2) is 0 Å². The number of rotatable bonds is 1. The summed E-state index contributed by atoms with van der Waals surface area (Å²) in [7, 11) is 0. The molecule has 0 aromatic rings. The van der Waals surface area contributed by atoms with Gasteiger partial charge in [-0.15, -0.1) is 0 Å². The van der Waals surface area contributed by atoms with Gasteiger partial charge < -0.3 is 15.3 Å². The minimum atomic E-state index is -0.250. The minimum Gasteiger partial charge on any atom is -0.483 e. The normalized spacial score (nSPS) is 22.9. The van der Waals surface area contributed by atoms with Gasteiger partial charge in [-0.25, -0.2) is 0 Å². The largest absolute Gasteiger partial charge is 0.483 e. The second-order valence-electron chi connectivity index (χ2n) is 3.53. The topological polar surface area (TPSA) is 69.6 Å². The van der Waals surface area contributed by atoms with Gasteiger partial charge in [0.05, 0.1) is 0 Å². The van der Waals surface area contributed by atoms with Crippen LogP contribution in [0.3, 0.4) is 0 Å². The average Bonchev–Trinajstić information content (AvgIpc) is 2.48. The third-order valence-corrected chi connectivity index (χ3v) is 2.62. The molecule has 5 heteroatoms. The molecule has 1 amide bonds. The lowest BCUT2D eigenvalue weighted by molar-refractivity contribution is -0.123. The minimum absolute atomic E-state index is 0.250. The van der Waals surface area contributed by atoms with Gasteiger partial charge in [0.15, 0.2) is 0 Å². The molecule has 0 aromatic carbocycles. The SMILES string of the molecule is O=CN1CCC2(CNC2)C1.O=CO. The van der Waals surface area contributed by atoms with Crippen LogP contribution in [0.4, 0.5) is 0 Å². The Morgan fingerprint density at radius 2 is 2.00 bits per heavy atom. The summed E-state index contributed by atoms with van der Waals surface area (Å²) in [5.41, 5.74) is 0.473. The van der Waals surface area contributed by atoms with Crippen LogP contribution >= 0.6 is 0 Å². The standard InChI is InChI=1S/C7H12N2O.CH2O2/c10-6-9-2-1-7(5-9)3-8-4-7;2-1-3/h6,8H,1-5H2;1H,(H,2,3). The van der Waals surface area contributed by atoms with Crippen LogP contribution in [0.25, 0.3) is 0 Å². The summed E-state index contributed by atoms with van der Waals surface area (Å²) in [5, 5.41) is 10.1. The van der Waals surface area contributed by atoms with E-state index in [1.54, 1.807) is 0 Å². The van der Waals surface area contributed by atoms with E-state index < -0.39 is 0 Å². The Balaban J connectivity index is 0.000000251. The van der Waals surface area contributed by atoms with Gasteiger partial charge >= 0.3 is 0 Å². The third kappa shape index (κ3) is 2.18. The van der Waals surface area contributed by atoms with Crippen molar-refractivity contribution in [3.8, 4) is 0 Å². The van der Waals surface area contributed by atoms with Gasteiger partial charge in [0, 0.05) is 31.6 Å². The van der Waals surface area contributed by atoms with E-state index >= 15 is 0 Å². The molecule has 0 radical (unpaired) electrons. The Hall–Kier alpha value is -1.10. The van der Waals surface area contributed by atoms with E-state index in [9.17, 15) is 4.79 Å². The molecule has 2 heterocycles. The smallest absolute Gasteiger partial charge is 0.290 e. The Morgan fingerprint density at radius 3 is 2.23 bits per heavy atom. The number of carbonyl (C=O) groups is 2. The number of hydrogen-bond donors (Lipinski definition) is 2. The highest BCUT2D eigenvalue weighted by atomic mass is 16.3. The predicted octanol–water partition coefficient (Wildman–Crippen LogP) is -0.861. The van der Waals surface area contributed by atoms with Gasteiger partial charge in [-0.05, 0) is 6.42 Å². The van der Waals surface area contributed by atoms with Gasteiger partial charge in [-0.1, -0.05) is 0 Å². The van der Waals surface area contributed by atoms with E-state index in [1.165, 1.54) is 6.42 Å². The molecule has 0 saturated carbocycles. The molecule has 0 aromatic heterocycles. The van der Waals surface area contributed by atoms with Crippen LogP contribution in [0.2, 0.25) is 0 Å². The predicted molar refractivity (Wildman–Crippen MR) is 46.2 cm³/mol. The fourth-order valence-electron chi connectivity index (χ4n) is 1.83. The van der Waals surface area contributed by atoms with Gasteiger partial charge in [-0.3, -0.25) is 9.59 Å². The number of carboxylic acid groups (broad SMARTS) is 1. The number of likely N-dealkylation sites (tertiary alicyclic amines) is 1. The number of amides is 1. The average molecular weight is 186 g/mol. The van der Waals surface area contributed by atoms with Crippen LogP contribution in [-0.4, -0.2) is 49.1 Å². The van der Waals surface area contributed by atoms with E-state index in [1.807, 2.05) is 4.90 Å². The van der Waals surface area contributed by atoms with Gasteiger partial charge in [0.25, 0.3) is 6.47 Å². The molecule has 0 atom stereocenters. The van der Waals surface area contributed by atoms with E-state index in [0.29, 0.717) is 5.41 Å². The van der Waals surface area contributed by atoms with Crippen molar-refractivity contribution < 1.29 is 14.7 Å². The molecule has 0 unspecified atom stereocenters. The molecule has 1 spiro atoms. The maximum Gasteiger partial charge on any atom is 0.290 e. The molecule has 0 aliphatic carbocycles. The quantitative estimate of drug-likeness (QED) is 0.523. The zero-order valence-corrected chi connectivity index (χ0v) is 7.40. The van der Waals surface area contributed by atoms with E-state index in [4.69, 9.17) is 9.90 Å². The van der Waals surface area contributed by atoms with Crippen molar-refractivity contribution in [3.05, 3.63) is 0 Å². The number of nitrogens with one attached hydrogen (secondary N) is 1. The molecule has 2 aliphatic rings. The maximum atomic E-state index is 10.3. The second-order valence-corrected chi connectivity index (χ2v) is 3.53. The summed E-state index contributed by atoms with van der Waals surface area (Å²) < 4.78 is 0. The summed E-state index contributed by atoms with van der Waals surface area (Å²) in [4.78, 5) is 20.6. The summed E-state index contributed by atoms with van der Waals surface area (Å²) >= 11 is 0. The highest BCUT2D eigenvalue weighted by Gasteiger charge is 2.42. The zero-order chi connectivity index (χ0) is 9.73. The molecule has 2 N–H and O–H groups in total. The molecular formula is C8H14N2O3. The van der Waals surface area contributed by atoms with Crippen molar-refractivity contribution in [2.75, 3.05) is 26.2 Å². The highest BCUT2D eigenvalue weighted by molar-refractivity contribution is 5.48. The van der Waals surface area contributed by atoms with Crippen LogP contribution in [0.5, 0.6) is 0 Å². The number of carbonyl (C=O) groups excluding carboxylic acids is 1. The molecule has 2 rings (SSSR count). The summed E-state index contributed by atoms with van der Waals surface area (Å²) in [6.07, 6.45) is 2.16. The maximum absolute atomic E-state index is 10.3. The van der Waals surface area contributed by atoms with E-state index in [0.717, 1.165) is 32.6 Å². The summed E-state index contributed by atoms with van der Waals surface area (Å²) in [5.74, 6) is 0. The molecule has 13 heavy (non-hydrogen) atoms. The summed E-state index contributed by atoms with van der Waals surface area (Å²) in [6.45, 7) is 3.91. The van der Waals surface area contributed by atoms with Gasteiger partial charge in [0.2, 0.25) is 6.41 Å². The van der Waals surface area contributed by atoms with Crippen molar-refractivity contribution in [2.24, 2.45) is 5.41 Å². The second kappa shape index (κ2) is 4.23. The number of nitrogens with zero attached hydrogens (tertiary/aromatic N) is 1. The first-order valence-electron chi connectivity index (χ1n) is 4.24. The van der Waals surface area contributed by atoms with Crippen molar-refractivity contribution in [1.29, 1.82) is 0 Å². The Kier molecular flexibility index (Phi) is 3.25. The highest BCUT2D eigenvalue weighted by Crippen LogP contribution is 2.32. The van der Waals surface area contributed by atoms with Crippen molar-refractivity contribution >= 4 is 12.9 Å². The molecular weight excluding hydrogens is 172 g/mol. The molecule has 2 saturated heterocycles. The van der Waals surface area contributed by atoms with E-state index in [-0.39, 0.29) is 6.47 Å². The number of hydrogen-bond acceptors (Lipinski definition) is 3. The van der Waals surface area contributed by atoms with Crippen molar-refractivity contribution in [3.63, 3.8) is 0 Å². The molecule has 2 fully saturated rings. The monoisotopic (exact) mass is 186 g/mol. The van der Waals surface area contributed by atoms with Crippen molar-refractivity contribution in [2.45, 2.75) is 6.42 Å². The molecule has 74 valence electrons. The van der Waals surface area contributed by atoms with E-state index in [2.05, 4.69) is 5.32 Å². The lowest BCUT2D eigenvalue weighted by atomic mass is 9.81. The van der Waals surface area contributed by atoms with Crippen LogP contribution in [0.1, 0.15) is 6.42 Å². The van der Waals surface area contributed by atoms with Gasteiger partial charge in [0.1, 0.15) is 0 Å². The van der Waals surface area contributed by atoms with Gasteiger partial charge in [-0.2, -0.15) is 0 Å². The molecule has 2 aliphatic heterocycles. The summed E-state index contributed by atoms with van der Waals surface area (Å²) in [6, 6.07) is 0. The zero-order valence-electron chi connectivity index (χ0n) is 7.40. The Bertz CT molecular complexity index is 192. The first kappa shape index (κ1) is 9.98. The van der Waals surface area contributed by atoms with Crippen molar-refractivity contribution in [1.82, 2.24) is 10.2 Å². The first-order chi connectivity index (χ1) is 6.26. The Labute approximate surface area is 76.7 Å². The molecule has 0 bridgehead atoms. The lowest BCUT2D eigenvalue weighted by Crippen LogP contribution is -2.54. The van der Waals surface area contributed by atoms with Crippen LogP contribution in [-0.2, 0) is 9.59 Å². The van der Waals surface area contributed by atoms with Crippen LogP contribution in [0, 0.1) is 5.41 Å². The molecule has 5 nitrogen and oxygen atoms in total. The fraction of sp³-hybridized carbons (Fsp3) is 0.750. The fourth-order valence-corrected chi connectivity index (χ4v) is 1.83.